The summed E-state index contributed by atoms with van der Waals surface area (Å²) in [5.41, 5.74) is 1.34. The molecule has 0 bridgehead atoms. The Bertz CT molecular complexity index is 225. The van der Waals surface area contributed by atoms with Crippen LogP contribution in [0.1, 0.15) is 25.8 Å². The molecule has 1 heteroatoms. The van der Waals surface area contributed by atoms with Crippen LogP contribution in [-0.4, -0.2) is 5.25 Å². The molecule has 0 amide bonds. The molecular formula is C11H16S. The first kappa shape index (κ1) is 9.66. The molecule has 66 valence electrons. The topological polar surface area (TPSA) is 0 Å². The average molecular weight is 180 g/mol. The van der Waals surface area contributed by atoms with Gasteiger partial charge in [0.15, 0.2) is 0 Å². The third kappa shape index (κ3) is 2.90. The Morgan fingerprint density at radius 1 is 1.25 bits per heavy atom. The predicted molar refractivity (Wildman–Crippen MR) is 56.8 cm³/mol. The van der Waals surface area contributed by atoms with Gasteiger partial charge in [-0.2, -0.15) is 0 Å². The molecule has 0 heterocycles. The highest BCUT2D eigenvalue weighted by Crippen LogP contribution is 2.24. The quantitative estimate of drug-likeness (QED) is 0.636. The number of thioether (sulfide) groups is 1. The van der Waals surface area contributed by atoms with Gasteiger partial charge in [-0.25, -0.2) is 0 Å². The molecule has 1 atom stereocenters. The van der Waals surface area contributed by atoms with E-state index in [9.17, 15) is 0 Å². The Kier molecular flexibility index (Phi) is 3.67. The van der Waals surface area contributed by atoms with Gasteiger partial charge in [0, 0.05) is 10.1 Å². The zero-order chi connectivity index (χ0) is 8.97. The van der Waals surface area contributed by atoms with Crippen molar-refractivity contribution < 1.29 is 0 Å². The van der Waals surface area contributed by atoms with E-state index in [1.807, 2.05) is 11.8 Å². The highest BCUT2D eigenvalue weighted by molar-refractivity contribution is 7.99. The lowest BCUT2D eigenvalue weighted by Gasteiger charge is -2.07. The molecule has 1 aromatic rings. The molecule has 12 heavy (non-hydrogen) atoms. The summed E-state index contributed by atoms with van der Waals surface area (Å²) in [6.45, 7) is 6.62. The lowest BCUT2D eigenvalue weighted by atomic mass is 10.2. The van der Waals surface area contributed by atoms with Crippen LogP contribution in [0, 0.1) is 6.92 Å². The van der Waals surface area contributed by atoms with E-state index in [1.165, 1.54) is 16.9 Å². The first-order valence-corrected chi connectivity index (χ1v) is 5.33. The van der Waals surface area contributed by atoms with Crippen LogP contribution in [-0.2, 0) is 0 Å². The van der Waals surface area contributed by atoms with E-state index in [1.54, 1.807) is 0 Å². The molecule has 0 saturated carbocycles. The predicted octanol–water partition coefficient (Wildman–Crippen LogP) is 3.89. The summed E-state index contributed by atoms with van der Waals surface area (Å²) in [7, 11) is 0. The summed E-state index contributed by atoms with van der Waals surface area (Å²) < 4.78 is 0. The summed E-state index contributed by atoms with van der Waals surface area (Å²) in [5.74, 6) is 0. The lowest BCUT2D eigenvalue weighted by Crippen LogP contribution is -1.91. The Hall–Kier alpha value is -0.430. The van der Waals surface area contributed by atoms with E-state index in [0.29, 0.717) is 0 Å². The number of hydrogen-bond donors (Lipinski definition) is 0. The Balaban J connectivity index is 2.58. The molecule has 0 saturated heterocycles. The van der Waals surface area contributed by atoms with Gasteiger partial charge in [-0.1, -0.05) is 31.5 Å². The minimum absolute atomic E-state index is 0.729. The molecular weight excluding hydrogens is 164 g/mol. The van der Waals surface area contributed by atoms with Gasteiger partial charge in [0.25, 0.3) is 0 Å². The number of benzene rings is 1. The summed E-state index contributed by atoms with van der Waals surface area (Å²) >= 11 is 1.95. The molecule has 1 rings (SSSR count). The van der Waals surface area contributed by atoms with Gasteiger partial charge in [-0.15, -0.1) is 11.8 Å². The zero-order valence-electron chi connectivity index (χ0n) is 8.00. The van der Waals surface area contributed by atoms with Gasteiger partial charge in [-0.05, 0) is 25.5 Å². The van der Waals surface area contributed by atoms with Crippen molar-refractivity contribution in [2.24, 2.45) is 0 Å². The Morgan fingerprint density at radius 2 is 1.83 bits per heavy atom. The molecule has 0 aliphatic rings. The van der Waals surface area contributed by atoms with Crippen LogP contribution < -0.4 is 0 Å². The van der Waals surface area contributed by atoms with Crippen molar-refractivity contribution in [3.8, 4) is 0 Å². The summed E-state index contributed by atoms with van der Waals surface area (Å²) in [6.07, 6.45) is 1.23. The van der Waals surface area contributed by atoms with Crippen LogP contribution in [0.2, 0.25) is 0 Å². The molecule has 1 unspecified atom stereocenters. The van der Waals surface area contributed by atoms with E-state index >= 15 is 0 Å². The first-order valence-electron chi connectivity index (χ1n) is 4.45. The average Bonchev–Trinajstić information content (AvgIpc) is 2.09. The zero-order valence-corrected chi connectivity index (χ0v) is 8.82. The van der Waals surface area contributed by atoms with Crippen LogP contribution in [0.25, 0.3) is 0 Å². The lowest BCUT2D eigenvalue weighted by molar-refractivity contribution is 0.905. The van der Waals surface area contributed by atoms with Crippen molar-refractivity contribution in [1.29, 1.82) is 0 Å². The maximum Gasteiger partial charge on any atom is 0.00748 e. The smallest absolute Gasteiger partial charge is 0.00748 e. The standard InChI is InChI=1S/C11H16S/c1-4-10(3)12-11-7-5-9(2)6-8-11/h5-8,10H,4H2,1-3H3. The second kappa shape index (κ2) is 4.56. The molecule has 0 nitrogen and oxygen atoms in total. The van der Waals surface area contributed by atoms with Gasteiger partial charge in [0.1, 0.15) is 0 Å². The van der Waals surface area contributed by atoms with E-state index in [0.717, 1.165) is 5.25 Å². The fourth-order valence-electron chi connectivity index (χ4n) is 0.932. The van der Waals surface area contributed by atoms with Crippen LogP contribution in [0.5, 0.6) is 0 Å². The molecule has 0 N–H and O–H groups in total. The highest BCUT2D eigenvalue weighted by atomic mass is 32.2. The van der Waals surface area contributed by atoms with Gasteiger partial charge in [-0.3, -0.25) is 0 Å². The number of hydrogen-bond acceptors (Lipinski definition) is 1. The maximum atomic E-state index is 2.27. The van der Waals surface area contributed by atoms with Gasteiger partial charge in [0.05, 0.1) is 0 Å². The van der Waals surface area contributed by atoms with Gasteiger partial charge >= 0.3 is 0 Å². The summed E-state index contributed by atoms with van der Waals surface area (Å²) in [6, 6.07) is 8.74. The third-order valence-corrected chi connectivity index (χ3v) is 3.21. The normalized spacial score (nSPS) is 12.9. The Labute approximate surface area is 79.4 Å². The largest absolute Gasteiger partial charge is 0.123 e. The molecule has 0 aliphatic carbocycles. The van der Waals surface area contributed by atoms with E-state index in [2.05, 4.69) is 45.0 Å². The summed E-state index contributed by atoms with van der Waals surface area (Å²) in [4.78, 5) is 1.38. The molecule has 0 aromatic heterocycles. The summed E-state index contributed by atoms with van der Waals surface area (Å²) in [5, 5.41) is 0.729. The highest BCUT2D eigenvalue weighted by Gasteiger charge is 2.00. The van der Waals surface area contributed by atoms with Crippen molar-refractivity contribution in [2.75, 3.05) is 0 Å². The fraction of sp³-hybridized carbons (Fsp3) is 0.455. The van der Waals surface area contributed by atoms with Gasteiger partial charge < -0.3 is 0 Å². The van der Waals surface area contributed by atoms with E-state index in [-0.39, 0.29) is 0 Å². The number of aryl methyl sites for hydroxylation is 1. The second-order valence-corrected chi connectivity index (χ2v) is 4.66. The first-order chi connectivity index (χ1) is 5.72. The van der Waals surface area contributed by atoms with Crippen molar-refractivity contribution in [2.45, 2.75) is 37.3 Å². The van der Waals surface area contributed by atoms with Crippen LogP contribution in [0.15, 0.2) is 29.2 Å². The second-order valence-electron chi connectivity index (χ2n) is 3.15. The van der Waals surface area contributed by atoms with Gasteiger partial charge in [0.2, 0.25) is 0 Å². The van der Waals surface area contributed by atoms with Crippen molar-refractivity contribution in [3.63, 3.8) is 0 Å². The third-order valence-electron chi connectivity index (χ3n) is 1.93. The van der Waals surface area contributed by atoms with E-state index < -0.39 is 0 Å². The monoisotopic (exact) mass is 180 g/mol. The van der Waals surface area contributed by atoms with Crippen molar-refractivity contribution >= 4 is 11.8 Å². The molecule has 0 fully saturated rings. The number of rotatable bonds is 3. The van der Waals surface area contributed by atoms with Crippen molar-refractivity contribution in [1.82, 2.24) is 0 Å². The van der Waals surface area contributed by atoms with Crippen LogP contribution in [0.4, 0.5) is 0 Å². The maximum absolute atomic E-state index is 2.27. The molecule has 0 aliphatic heterocycles. The molecule has 0 radical (unpaired) electrons. The SMILES string of the molecule is CCC(C)Sc1ccc(C)cc1. The van der Waals surface area contributed by atoms with E-state index in [4.69, 9.17) is 0 Å². The minimum Gasteiger partial charge on any atom is -0.123 e. The minimum atomic E-state index is 0.729. The Morgan fingerprint density at radius 3 is 2.33 bits per heavy atom. The molecule has 1 aromatic carbocycles. The van der Waals surface area contributed by atoms with Crippen molar-refractivity contribution in [3.05, 3.63) is 29.8 Å². The molecule has 0 spiro atoms. The van der Waals surface area contributed by atoms with Crippen LogP contribution in [0.3, 0.4) is 0 Å². The van der Waals surface area contributed by atoms with Crippen LogP contribution >= 0.6 is 11.8 Å². The fourth-order valence-corrected chi connectivity index (χ4v) is 1.86.